The van der Waals surface area contributed by atoms with Gasteiger partial charge < -0.3 is 14.2 Å². The number of anilines is 3. The maximum Gasteiger partial charge on any atom is 0.411 e. The Balaban J connectivity index is 1.62. The van der Waals surface area contributed by atoms with Gasteiger partial charge in [0.1, 0.15) is 19.8 Å². The van der Waals surface area contributed by atoms with Gasteiger partial charge in [-0.25, -0.2) is 14.4 Å². The Morgan fingerprint density at radius 3 is 1.08 bits per heavy atom. The van der Waals surface area contributed by atoms with Gasteiger partial charge in [0.25, 0.3) is 0 Å². The Morgan fingerprint density at radius 2 is 0.833 bits per heavy atom. The van der Waals surface area contributed by atoms with Gasteiger partial charge in [0.2, 0.25) is 0 Å². The predicted octanol–water partition coefficient (Wildman–Crippen LogP) is 6.13. The van der Waals surface area contributed by atoms with Crippen LogP contribution in [0.2, 0.25) is 0 Å². The highest BCUT2D eigenvalue weighted by Crippen LogP contribution is 2.25. The Labute approximate surface area is 209 Å². The highest BCUT2D eigenvalue weighted by molar-refractivity contribution is 5.85. The molecule has 0 spiro atoms. The number of hydrogen-bond donors (Lipinski definition) is 3. The SMILES string of the molecule is CCC(COC(=O)Nc1ccccc1)(COC(=O)Nc1ccccc1)COC(=O)Nc1ccccc1. The maximum atomic E-state index is 12.4. The molecule has 0 aliphatic rings. The predicted molar refractivity (Wildman–Crippen MR) is 137 cm³/mol. The molecule has 188 valence electrons. The van der Waals surface area contributed by atoms with E-state index < -0.39 is 23.7 Å². The minimum atomic E-state index is -0.976. The highest BCUT2D eigenvalue weighted by Gasteiger charge is 2.34. The normalized spacial score (nSPS) is 10.6. The van der Waals surface area contributed by atoms with Crippen LogP contribution in [-0.4, -0.2) is 38.1 Å². The number of ether oxygens (including phenoxy) is 3. The van der Waals surface area contributed by atoms with Crippen LogP contribution in [0.3, 0.4) is 0 Å². The molecule has 3 N–H and O–H groups in total. The molecule has 0 saturated heterocycles. The van der Waals surface area contributed by atoms with E-state index in [1.54, 1.807) is 72.8 Å². The molecular weight excluding hydrogens is 462 g/mol. The highest BCUT2D eigenvalue weighted by atomic mass is 16.6. The molecule has 9 nitrogen and oxygen atoms in total. The fourth-order valence-corrected chi connectivity index (χ4v) is 3.11. The fourth-order valence-electron chi connectivity index (χ4n) is 3.11. The number of hydrogen-bond acceptors (Lipinski definition) is 6. The summed E-state index contributed by atoms with van der Waals surface area (Å²) in [6, 6.07) is 26.5. The van der Waals surface area contributed by atoms with Crippen LogP contribution < -0.4 is 16.0 Å². The Bertz CT molecular complexity index is 971. The molecule has 0 saturated carbocycles. The summed E-state index contributed by atoms with van der Waals surface area (Å²) in [4.78, 5) is 37.1. The second kappa shape index (κ2) is 13.4. The van der Waals surface area contributed by atoms with E-state index >= 15 is 0 Å². The second-order valence-electron chi connectivity index (χ2n) is 8.06. The molecule has 0 aromatic heterocycles. The maximum absolute atomic E-state index is 12.4. The third kappa shape index (κ3) is 8.68. The van der Waals surface area contributed by atoms with E-state index in [2.05, 4.69) is 16.0 Å². The molecule has 3 amide bonds. The lowest BCUT2D eigenvalue weighted by Crippen LogP contribution is -2.40. The summed E-state index contributed by atoms with van der Waals surface area (Å²) in [6.07, 6.45) is -1.65. The first-order valence-corrected chi connectivity index (χ1v) is 11.4. The molecule has 0 unspecified atom stereocenters. The number of carbonyl (C=O) groups excluding carboxylic acids is 3. The van der Waals surface area contributed by atoms with Crippen LogP contribution in [0.4, 0.5) is 31.4 Å². The average Bonchev–Trinajstić information content (AvgIpc) is 2.90. The molecule has 9 heteroatoms. The van der Waals surface area contributed by atoms with Crippen molar-refractivity contribution in [1.82, 2.24) is 0 Å². The van der Waals surface area contributed by atoms with Gasteiger partial charge in [0.15, 0.2) is 0 Å². The fraction of sp³-hybridized carbons (Fsp3) is 0.222. The largest absolute Gasteiger partial charge is 0.448 e. The van der Waals surface area contributed by atoms with Crippen LogP contribution in [-0.2, 0) is 14.2 Å². The van der Waals surface area contributed by atoms with Crippen molar-refractivity contribution in [2.45, 2.75) is 13.3 Å². The Hall–Kier alpha value is -4.53. The minimum Gasteiger partial charge on any atom is -0.448 e. The van der Waals surface area contributed by atoms with Crippen LogP contribution in [0.25, 0.3) is 0 Å². The van der Waals surface area contributed by atoms with E-state index in [0.29, 0.717) is 23.5 Å². The quantitative estimate of drug-likeness (QED) is 0.294. The monoisotopic (exact) mass is 491 g/mol. The van der Waals surface area contributed by atoms with Crippen molar-refractivity contribution in [3.63, 3.8) is 0 Å². The number of carbonyl (C=O) groups is 3. The summed E-state index contributed by atoms with van der Waals surface area (Å²) in [5.74, 6) is 0. The summed E-state index contributed by atoms with van der Waals surface area (Å²) in [5, 5.41) is 7.90. The minimum absolute atomic E-state index is 0.153. The van der Waals surface area contributed by atoms with Gasteiger partial charge in [0, 0.05) is 17.1 Å². The van der Waals surface area contributed by atoms with Crippen LogP contribution in [0.5, 0.6) is 0 Å². The van der Waals surface area contributed by atoms with Crippen molar-refractivity contribution in [1.29, 1.82) is 0 Å². The average molecular weight is 492 g/mol. The van der Waals surface area contributed by atoms with Crippen LogP contribution in [0, 0.1) is 5.41 Å². The van der Waals surface area contributed by atoms with Gasteiger partial charge in [-0.05, 0) is 42.8 Å². The standard InChI is InChI=1S/C27H29N3O6/c1-2-27(18-34-24(31)28-21-12-6-3-7-13-21,19-35-25(32)29-22-14-8-4-9-15-22)20-36-26(33)30-23-16-10-5-11-17-23/h3-17H,2,18-20H2,1H3,(H,28,31)(H,29,32)(H,30,33). The zero-order valence-electron chi connectivity index (χ0n) is 19.9. The van der Waals surface area contributed by atoms with Crippen LogP contribution >= 0.6 is 0 Å². The topological polar surface area (TPSA) is 115 Å². The lowest BCUT2D eigenvalue weighted by Gasteiger charge is -2.31. The number of benzene rings is 3. The smallest absolute Gasteiger partial charge is 0.411 e. The van der Waals surface area contributed by atoms with E-state index in [9.17, 15) is 14.4 Å². The molecule has 3 aromatic rings. The molecule has 3 aromatic carbocycles. The summed E-state index contributed by atoms with van der Waals surface area (Å²) >= 11 is 0. The molecule has 0 heterocycles. The van der Waals surface area contributed by atoms with Gasteiger partial charge in [-0.2, -0.15) is 0 Å². The van der Waals surface area contributed by atoms with Crippen LogP contribution in [0.15, 0.2) is 91.0 Å². The third-order valence-corrected chi connectivity index (χ3v) is 5.34. The van der Waals surface area contributed by atoms with E-state index in [4.69, 9.17) is 14.2 Å². The van der Waals surface area contributed by atoms with Crippen molar-refractivity contribution in [2.75, 3.05) is 35.8 Å². The zero-order valence-corrected chi connectivity index (χ0v) is 19.9. The van der Waals surface area contributed by atoms with Crippen molar-refractivity contribution in [2.24, 2.45) is 5.41 Å². The third-order valence-electron chi connectivity index (χ3n) is 5.34. The molecule has 0 atom stereocenters. The van der Waals surface area contributed by atoms with E-state index in [-0.39, 0.29) is 19.8 Å². The molecule has 3 rings (SSSR count). The first kappa shape index (κ1) is 26.1. The summed E-state index contributed by atoms with van der Waals surface area (Å²) in [5.41, 5.74) is 0.737. The number of para-hydroxylation sites is 3. The van der Waals surface area contributed by atoms with Gasteiger partial charge in [-0.3, -0.25) is 16.0 Å². The Kier molecular flexibility index (Phi) is 9.69. The first-order chi connectivity index (χ1) is 17.5. The van der Waals surface area contributed by atoms with E-state index in [0.717, 1.165) is 0 Å². The van der Waals surface area contributed by atoms with Gasteiger partial charge in [0.05, 0.1) is 5.41 Å². The number of nitrogens with one attached hydrogen (secondary N) is 3. The van der Waals surface area contributed by atoms with Crippen molar-refractivity contribution < 1.29 is 28.6 Å². The first-order valence-electron chi connectivity index (χ1n) is 11.4. The lowest BCUT2D eigenvalue weighted by atomic mass is 9.88. The van der Waals surface area contributed by atoms with Gasteiger partial charge >= 0.3 is 18.3 Å². The number of rotatable bonds is 10. The Morgan fingerprint density at radius 1 is 0.556 bits per heavy atom. The van der Waals surface area contributed by atoms with E-state index in [1.807, 2.05) is 25.1 Å². The summed E-state index contributed by atoms with van der Waals surface area (Å²) < 4.78 is 16.3. The lowest BCUT2D eigenvalue weighted by molar-refractivity contribution is -0.0104. The van der Waals surface area contributed by atoms with Gasteiger partial charge in [-0.15, -0.1) is 0 Å². The molecule has 0 aliphatic carbocycles. The van der Waals surface area contributed by atoms with Crippen molar-refractivity contribution in [3.8, 4) is 0 Å². The van der Waals surface area contributed by atoms with Gasteiger partial charge in [-0.1, -0.05) is 61.5 Å². The summed E-state index contributed by atoms with van der Waals surface area (Å²) in [6.45, 7) is 1.37. The van der Waals surface area contributed by atoms with Crippen LogP contribution in [0.1, 0.15) is 13.3 Å². The zero-order chi connectivity index (χ0) is 25.6. The number of amides is 3. The second-order valence-corrected chi connectivity index (χ2v) is 8.06. The molecule has 0 radical (unpaired) electrons. The van der Waals surface area contributed by atoms with Crippen molar-refractivity contribution >= 4 is 35.3 Å². The molecule has 0 bridgehead atoms. The molecule has 36 heavy (non-hydrogen) atoms. The van der Waals surface area contributed by atoms with Crippen molar-refractivity contribution in [3.05, 3.63) is 91.0 Å². The molecule has 0 fully saturated rings. The molecule has 0 aliphatic heterocycles. The van der Waals surface area contributed by atoms with E-state index in [1.165, 1.54) is 0 Å². The summed E-state index contributed by atoms with van der Waals surface area (Å²) in [7, 11) is 0. The molecular formula is C27H29N3O6.